The second-order valence-corrected chi connectivity index (χ2v) is 3.03. The number of hydrogen-bond acceptors (Lipinski definition) is 2. The van der Waals surface area contributed by atoms with Crippen molar-refractivity contribution < 1.29 is 0 Å². The molecule has 0 aliphatic carbocycles. The molecule has 1 atom stereocenters. The van der Waals surface area contributed by atoms with E-state index in [-0.39, 0.29) is 6.04 Å². The summed E-state index contributed by atoms with van der Waals surface area (Å²) in [5.41, 5.74) is 0.907. The number of rotatable bonds is 3. The molecule has 1 aromatic heterocycles. The first kappa shape index (κ1) is 9.88. The number of anilines is 1. The lowest BCUT2D eigenvalue weighted by Crippen LogP contribution is -2.15. The van der Waals surface area contributed by atoms with Gasteiger partial charge in [-0.3, -0.25) is 0 Å². The first-order valence-electron chi connectivity index (χ1n) is 4.10. The molecule has 0 fully saturated rings. The molecule has 1 N–H and O–H groups in total. The number of halogens is 1. The van der Waals surface area contributed by atoms with E-state index in [1.807, 2.05) is 13.0 Å². The summed E-state index contributed by atoms with van der Waals surface area (Å²) in [6.07, 6.45) is 7.84. The number of nitrogens with zero attached hydrogens (tertiary/aromatic N) is 1. The van der Waals surface area contributed by atoms with Crippen molar-refractivity contribution in [3.63, 3.8) is 0 Å². The zero-order chi connectivity index (χ0) is 9.68. The Bertz CT molecular complexity index is 317. The van der Waals surface area contributed by atoms with E-state index < -0.39 is 0 Å². The van der Waals surface area contributed by atoms with Crippen LogP contribution in [0, 0.1) is 12.3 Å². The SMILES string of the molecule is C#CC(CC)Nc1ccnc(Cl)c1. The second kappa shape index (κ2) is 4.74. The Kier molecular flexibility index (Phi) is 3.60. The summed E-state index contributed by atoms with van der Waals surface area (Å²) in [6.45, 7) is 2.03. The maximum atomic E-state index is 5.71. The van der Waals surface area contributed by atoms with E-state index in [2.05, 4.69) is 16.2 Å². The third kappa shape index (κ3) is 2.96. The quantitative estimate of drug-likeness (QED) is 0.591. The molecule has 1 rings (SSSR count). The van der Waals surface area contributed by atoms with Gasteiger partial charge in [0.25, 0.3) is 0 Å². The van der Waals surface area contributed by atoms with Gasteiger partial charge in [-0.25, -0.2) is 4.98 Å². The second-order valence-electron chi connectivity index (χ2n) is 2.64. The Morgan fingerprint density at radius 2 is 2.54 bits per heavy atom. The monoisotopic (exact) mass is 194 g/mol. The molecule has 3 heteroatoms. The number of hydrogen-bond donors (Lipinski definition) is 1. The predicted molar refractivity (Wildman–Crippen MR) is 55.8 cm³/mol. The Balaban J connectivity index is 2.69. The minimum absolute atomic E-state index is 0.0541. The highest BCUT2D eigenvalue weighted by molar-refractivity contribution is 6.29. The molecule has 68 valence electrons. The molecule has 0 aromatic carbocycles. The molecule has 0 radical (unpaired) electrons. The van der Waals surface area contributed by atoms with Crippen molar-refractivity contribution in [2.75, 3.05) is 5.32 Å². The van der Waals surface area contributed by atoms with Gasteiger partial charge >= 0.3 is 0 Å². The van der Waals surface area contributed by atoms with E-state index in [1.165, 1.54) is 0 Å². The van der Waals surface area contributed by atoms with Gasteiger partial charge in [-0.05, 0) is 18.6 Å². The van der Waals surface area contributed by atoms with Crippen LogP contribution in [0.15, 0.2) is 18.3 Å². The maximum absolute atomic E-state index is 5.71. The Morgan fingerprint density at radius 3 is 3.08 bits per heavy atom. The van der Waals surface area contributed by atoms with Crippen molar-refractivity contribution >= 4 is 17.3 Å². The molecule has 0 saturated carbocycles. The summed E-state index contributed by atoms with van der Waals surface area (Å²) in [6, 6.07) is 3.64. The zero-order valence-corrected chi connectivity index (χ0v) is 8.17. The normalized spacial score (nSPS) is 11.8. The molecule has 0 amide bonds. The van der Waals surface area contributed by atoms with Gasteiger partial charge in [0, 0.05) is 11.9 Å². The van der Waals surface area contributed by atoms with E-state index in [0.29, 0.717) is 5.15 Å². The summed E-state index contributed by atoms with van der Waals surface area (Å²) in [5.74, 6) is 2.65. The molecule has 2 nitrogen and oxygen atoms in total. The highest BCUT2D eigenvalue weighted by atomic mass is 35.5. The van der Waals surface area contributed by atoms with Crippen molar-refractivity contribution in [1.29, 1.82) is 0 Å². The molecule has 13 heavy (non-hydrogen) atoms. The van der Waals surface area contributed by atoms with Crippen LogP contribution in [0.2, 0.25) is 5.15 Å². The van der Waals surface area contributed by atoms with Gasteiger partial charge in [0.15, 0.2) is 0 Å². The van der Waals surface area contributed by atoms with Crippen LogP contribution in [0.3, 0.4) is 0 Å². The smallest absolute Gasteiger partial charge is 0.131 e. The van der Waals surface area contributed by atoms with Crippen molar-refractivity contribution in [1.82, 2.24) is 4.98 Å². The third-order valence-corrected chi connectivity index (χ3v) is 1.88. The van der Waals surface area contributed by atoms with Gasteiger partial charge in [-0.15, -0.1) is 6.42 Å². The fraction of sp³-hybridized carbons (Fsp3) is 0.300. The molecule has 1 unspecified atom stereocenters. The number of nitrogens with one attached hydrogen (secondary N) is 1. The maximum Gasteiger partial charge on any atom is 0.131 e. The fourth-order valence-electron chi connectivity index (χ4n) is 0.955. The number of aromatic nitrogens is 1. The molecular weight excluding hydrogens is 184 g/mol. The largest absolute Gasteiger partial charge is 0.371 e. The Labute approximate surface area is 83.3 Å². The lowest BCUT2D eigenvalue weighted by Gasteiger charge is -2.11. The van der Waals surface area contributed by atoms with Gasteiger partial charge in [0.2, 0.25) is 0 Å². The molecule has 0 saturated heterocycles. The highest BCUT2D eigenvalue weighted by Gasteiger charge is 2.01. The minimum atomic E-state index is 0.0541. The average molecular weight is 195 g/mol. The lowest BCUT2D eigenvalue weighted by molar-refractivity contribution is 0.857. The third-order valence-electron chi connectivity index (χ3n) is 1.68. The van der Waals surface area contributed by atoms with Gasteiger partial charge in [-0.1, -0.05) is 24.4 Å². The summed E-state index contributed by atoms with van der Waals surface area (Å²) < 4.78 is 0. The summed E-state index contributed by atoms with van der Waals surface area (Å²) >= 11 is 5.71. The average Bonchev–Trinajstić information content (AvgIpc) is 2.14. The first-order valence-corrected chi connectivity index (χ1v) is 4.48. The zero-order valence-electron chi connectivity index (χ0n) is 7.42. The van der Waals surface area contributed by atoms with E-state index in [0.717, 1.165) is 12.1 Å². The van der Waals surface area contributed by atoms with Crippen molar-refractivity contribution in [3.05, 3.63) is 23.5 Å². The van der Waals surface area contributed by atoms with Crippen LogP contribution < -0.4 is 5.32 Å². The van der Waals surface area contributed by atoms with Crippen LogP contribution in [0.1, 0.15) is 13.3 Å². The van der Waals surface area contributed by atoms with E-state index in [4.69, 9.17) is 18.0 Å². The van der Waals surface area contributed by atoms with Crippen molar-refractivity contribution in [2.24, 2.45) is 0 Å². The Hall–Kier alpha value is -1.20. The summed E-state index contributed by atoms with van der Waals surface area (Å²) in [4.78, 5) is 3.87. The fourth-order valence-corrected chi connectivity index (χ4v) is 1.13. The molecule has 0 spiro atoms. The van der Waals surface area contributed by atoms with Gasteiger partial charge in [-0.2, -0.15) is 0 Å². The lowest BCUT2D eigenvalue weighted by atomic mass is 10.2. The van der Waals surface area contributed by atoms with Crippen LogP contribution in [0.5, 0.6) is 0 Å². The number of pyridine rings is 1. The van der Waals surface area contributed by atoms with E-state index >= 15 is 0 Å². The molecule has 1 aromatic rings. The van der Waals surface area contributed by atoms with E-state index in [9.17, 15) is 0 Å². The van der Waals surface area contributed by atoms with Gasteiger partial charge in [0.05, 0.1) is 6.04 Å². The highest BCUT2D eigenvalue weighted by Crippen LogP contribution is 2.13. The predicted octanol–water partition coefficient (Wildman–Crippen LogP) is 2.56. The van der Waals surface area contributed by atoms with E-state index in [1.54, 1.807) is 12.3 Å². The van der Waals surface area contributed by atoms with Crippen molar-refractivity contribution in [2.45, 2.75) is 19.4 Å². The summed E-state index contributed by atoms with van der Waals surface area (Å²) in [5, 5.41) is 3.63. The molecule has 0 aliphatic heterocycles. The van der Waals surface area contributed by atoms with Crippen LogP contribution in [-0.4, -0.2) is 11.0 Å². The molecule has 0 aliphatic rings. The van der Waals surface area contributed by atoms with Crippen LogP contribution >= 0.6 is 11.6 Å². The molecule has 1 heterocycles. The van der Waals surface area contributed by atoms with Gasteiger partial charge < -0.3 is 5.32 Å². The van der Waals surface area contributed by atoms with Crippen LogP contribution in [-0.2, 0) is 0 Å². The molecule has 0 bridgehead atoms. The van der Waals surface area contributed by atoms with Crippen LogP contribution in [0.25, 0.3) is 0 Å². The van der Waals surface area contributed by atoms with Crippen molar-refractivity contribution in [3.8, 4) is 12.3 Å². The minimum Gasteiger partial charge on any atom is -0.371 e. The topological polar surface area (TPSA) is 24.9 Å². The first-order chi connectivity index (χ1) is 6.26. The summed E-state index contributed by atoms with van der Waals surface area (Å²) in [7, 11) is 0. The Morgan fingerprint density at radius 1 is 1.77 bits per heavy atom. The molecular formula is C10H11ClN2. The number of terminal acetylenes is 1. The standard InChI is InChI=1S/C10H11ClN2/c1-3-8(4-2)13-9-5-6-12-10(11)7-9/h1,5-8H,4H2,2H3,(H,12,13). The van der Waals surface area contributed by atoms with Crippen LogP contribution in [0.4, 0.5) is 5.69 Å². The van der Waals surface area contributed by atoms with Gasteiger partial charge in [0.1, 0.15) is 5.15 Å².